The first-order chi connectivity index (χ1) is 12.5. The van der Waals surface area contributed by atoms with Crippen molar-refractivity contribution >= 4 is 16.7 Å². The van der Waals surface area contributed by atoms with Gasteiger partial charge in [0.25, 0.3) is 0 Å². The molecule has 0 aromatic carbocycles. The Labute approximate surface area is 155 Å². The lowest BCUT2D eigenvalue weighted by atomic mass is 10.0. The summed E-state index contributed by atoms with van der Waals surface area (Å²) in [5.41, 5.74) is 5.17. The van der Waals surface area contributed by atoms with Gasteiger partial charge in [0.2, 0.25) is 0 Å². The number of nitrogens with zero attached hydrogens (tertiary/aromatic N) is 3. The van der Waals surface area contributed by atoms with E-state index in [0.717, 1.165) is 53.0 Å². The third-order valence-electron chi connectivity index (χ3n) is 4.40. The Kier molecular flexibility index (Phi) is 5.82. The first-order valence-corrected chi connectivity index (χ1v) is 9.46. The molecule has 4 nitrogen and oxygen atoms in total. The number of hydrogen-bond donors (Lipinski definition) is 1. The van der Waals surface area contributed by atoms with Crippen molar-refractivity contribution in [1.82, 2.24) is 15.0 Å². The number of hydrogen-bond acceptors (Lipinski definition) is 3. The highest BCUT2D eigenvalue weighted by Gasteiger charge is 2.14. The minimum atomic E-state index is 0.506. The lowest BCUT2D eigenvalue weighted by Crippen LogP contribution is -2.07. The molecule has 4 heteroatoms. The molecular weight excluding hydrogens is 320 g/mol. The van der Waals surface area contributed by atoms with Crippen LogP contribution in [0, 0.1) is 11.8 Å². The van der Waals surface area contributed by atoms with Crippen molar-refractivity contribution in [2.75, 3.05) is 6.54 Å². The van der Waals surface area contributed by atoms with E-state index in [1.54, 1.807) is 6.20 Å². The second-order valence-corrected chi connectivity index (χ2v) is 7.66. The molecule has 3 heterocycles. The Hall–Kier alpha value is -2.49. The summed E-state index contributed by atoms with van der Waals surface area (Å²) in [6.07, 6.45) is 7.95. The van der Waals surface area contributed by atoms with Crippen LogP contribution in [0.25, 0.3) is 11.0 Å². The molecule has 0 aliphatic heterocycles. The molecule has 0 aliphatic carbocycles. The van der Waals surface area contributed by atoms with Gasteiger partial charge in [0.1, 0.15) is 5.65 Å². The van der Waals surface area contributed by atoms with Crippen molar-refractivity contribution in [1.29, 1.82) is 0 Å². The minimum Gasteiger partial charge on any atom is -0.345 e. The van der Waals surface area contributed by atoms with Crippen molar-refractivity contribution < 1.29 is 0 Å². The predicted molar refractivity (Wildman–Crippen MR) is 109 cm³/mol. The van der Waals surface area contributed by atoms with Gasteiger partial charge in [0.15, 0.2) is 0 Å². The first kappa shape index (κ1) is 18.3. The summed E-state index contributed by atoms with van der Waals surface area (Å²) >= 11 is 0. The number of aromatic nitrogens is 3. The number of aliphatic imine (C=N–C) groups is 1. The second-order valence-electron chi connectivity index (χ2n) is 7.66. The highest BCUT2D eigenvalue weighted by atomic mass is 14.8. The molecule has 0 saturated heterocycles. The Morgan fingerprint density at radius 1 is 1.08 bits per heavy atom. The number of pyridine rings is 2. The van der Waals surface area contributed by atoms with Crippen LogP contribution in [0.1, 0.15) is 50.9 Å². The number of aryl methyl sites for hydroxylation is 1. The summed E-state index contributed by atoms with van der Waals surface area (Å²) in [6, 6.07) is 8.34. The van der Waals surface area contributed by atoms with Crippen LogP contribution in [0.15, 0.2) is 47.8 Å². The molecule has 0 fully saturated rings. The molecule has 0 radical (unpaired) electrons. The Bertz CT molecular complexity index is 873. The molecular formula is C22H28N4. The molecule has 0 amide bonds. The predicted octanol–water partition coefficient (Wildman–Crippen LogP) is 5.04. The molecule has 0 unspecified atom stereocenters. The van der Waals surface area contributed by atoms with E-state index in [9.17, 15) is 0 Å². The summed E-state index contributed by atoms with van der Waals surface area (Å²) < 4.78 is 0. The van der Waals surface area contributed by atoms with E-state index in [2.05, 4.69) is 60.8 Å². The van der Waals surface area contributed by atoms with Gasteiger partial charge in [-0.2, -0.15) is 0 Å². The standard InChI is InChI=1S/C22H28N4/c1-15(2)7-9-18-10-8-17(13-24-18)21(25-12-16(3)4)20-14-26-22-19(20)6-5-11-23-22/h5-6,8,10-11,13-16H,7,9,12H2,1-4H3,(H,23,26). The molecule has 0 bridgehead atoms. The van der Waals surface area contributed by atoms with Crippen LogP contribution < -0.4 is 0 Å². The van der Waals surface area contributed by atoms with Gasteiger partial charge in [-0.05, 0) is 48.9 Å². The maximum Gasteiger partial charge on any atom is 0.137 e. The zero-order chi connectivity index (χ0) is 18.5. The van der Waals surface area contributed by atoms with Gasteiger partial charge in [-0.15, -0.1) is 0 Å². The number of fused-ring (bicyclic) bond motifs is 1. The smallest absolute Gasteiger partial charge is 0.137 e. The van der Waals surface area contributed by atoms with E-state index in [4.69, 9.17) is 4.99 Å². The van der Waals surface area contributed by atoms with Crippen molar-refractivity contribution in [3.63, 3.8) is 0 Å². The molecule has 0 aliphatic rings. The van der Waals surface area contributed by atoms with E-state index >= 15 is 0 Å². The van der Waals surface area contributed by atoms with Gasteiger partial charge < -0.3 is 4.98 Å². The van der Waals surface area contributed by atoms with E-state index in [1.165, 1.54) is 0 Å². The molecule has 3 aromatic rings. The average molecular weight is 348 g/mol. The molecule has 136 valence electrons. The molecule has 0 spiro atoms. The number of aromatic amines is 1. The van der Waals surface area contributed by atoms with Crippen molar-refractivity contribution in [2.24, 2.45) is 16.8 Å². The lowest BCUT2D eigenvalue weighted by Gasteiger charge is -2.09. The van der Waals surface area contributed by atoms with Crippen LogP contribution in [0.4, 0.5) is 0 Å². The van der Waals surface area contributed by atoms with Crippen LogP contribution in [-0.4, -0.2) is 27.2 Å². The lowest BCUT2D eigenvalue weighted by molar-refractivity contribution is 0.581. The first-order valence-electron chi connectivity index (χ1n) is 9.46. The monoisotopic (exact) mass is 348 g/mol. The minimum absolute atomic E-state index is 0.506. The molecule has 3 rings (SSSR count). The fourth-order valence-corrected chi connectivity index (χ4v) is 2.91. The summed E-state index contributed by atoms with van der Waals surface area (Å²) in [7, 11) is 0. The van der Waals surface area contributed by atoms with Gasteiger partial charge in [-0.3, -0.25) is 9.98 Å². The highest BCUT2D eigenvalue weighted by Crippen LogP contribution is 2.21. The summed E-state index contributed by atoms with van der Waals surface area (Å²) in [5, 5.41) is 1.10. The number of rotatable bonds is 7. The molecule has 0 atom stereocenters. The Morgan fingerprint density at radius 2 is 1.92 bits per heavy atom. The Balaban J connectivity index is 1.95. The summed E-state index contributed by atoms with van der Waals surface area (Å²) in [6.45, 7) is 9.65. The second kappa shape index (κ2) is 8.26. The van der Waals surface area contributed by atoms with Gasteiger partial charge in [0.05, 0.1) is 5.71 Å². The third kappa shape index (κ3) is 4.37. The highest BCUT2D eigenvalue weighted by molar-refractivity contribution is 6.18. The van der Waals surface area contributed by atoms with E-state index in [-0.39, 0.29) is 0 Å². The van der Waals surface area contributed by atoms with Gasteiger partial charge >= 0.3 is 0 Å². The summed E-state index contributed by atoms with van der Waals surface area (Å²) in [5.74, 6) is 1.20. The largest absolute Gasteiger partial charge is 0.345 e. The van der Waals surface area contributed by atoms with Gasteiger partial charge in [0, 0.05) is 47.3 Å². The zero-order valence-corrected chi connectivity index (χ0v) is 16.2. The zero-order valence-electron chi connectivity index (χ0n) is 16.2. The van der Waals surface area contributed by atoms with E-state index in [1.807, 2.05) is 18.5 Å². The van der Waals surface area contributed by atoms with Crippen LogP contribution >= 0.6 is 0 Å². The van der Waals surface area contributed by atoms with Crippen molar-refractivity contribution in [2.45, 2.75) is 40.5 Å². The fraction of sp³-hybridized carbons (Fsp3) is 0.409. The maximum atomic E-state index is 4.92. The van der Waals surface area contributed by atoms with Crippen LogP contribution in [0.3, 0.4) is 0 Å². The van der Waals surface area contributed by atoms with Gasteiger partial charge in [-0.25, -0.2) is 4.98 Å². The summed E-state index contributed by atoms with van der Waals surface area (Å²) in [4.78, 5) is 17.3. The number of nitrogens with one attached hydrogen (secondary N) is 1. The average Bonchev–Trinajstić information content (AvgIpc) is 3.05. The van der Waals surface area contributed by atoms with E-state index in [0.29, 0.717) is 11.8 Å². The van der Waals surface area contributed by atoms with Crippen LogP contribution in [-0.2, 0) is 6.42 Å². The third-order valence-corrected chi connectivity index (χ3v) is 4.40. The molecule has 26 heavy (non-hydrogen) atoms. The SMILES string of the molecule is CC(C)CCc1ccc(C(=NCC(C)C)c2c[nH]c3ncccc23)cn1. The Morgan fingerprint density at radius 3 is 2.62 bits per heavy atom. The maximum absolute atomic E-state index is 4.92. The normalized spacial score (nSPS) is 12.5. The van der Waals surface area contributed by atoms with Crippen molar-refractivity contribution in [3.8, 4) is 0 Å². The van der Waals surface area contributed by atoms with Crippen LogP contribution in [0.2, 0.25) is 0 Å². The van der Waals surface area contributed by atoms with Crippen LogP contribution in [0.5, 0.6) is 0 Å². The number of H-pyrrole nitrogens is 1. The van der Waals surface area contributed by atoms with Gasteiger partial charge in [-0.1, -0.05) is 27.7 Å². The molecule has 1 N–H and O–H groups in total. The van der Waals surface area contributed by atoms with Crippen molar-refractivity contribution in [3.05, 3.63) is 59.7 Å². The van der Waals surface area contributed by atoms with E-state index < -0.39 is 0 Å². The fourth-order valence-electron chi connectivity index (χ4n) is 2.91. The molecule has 0 saturated carbocycles. The quantitative estimate of drug-likeness (QED) is 0.608. The topological polar surface area (TPSA) is 53.9 Å². The molecule has 3 aromatic heterocycles.